The number of nitrogens with one attached hydrogen (secondary N) is 1. The van der Waals surface area contributed by atoms with E-state index in [9.17, 15) is 13.2 Å². The molecule has 1 amide bonds. The number of likely N-dealkylation sites (tertiary alicyclic amines) is 1. The van der Waals surface area contributed by atoms with Crippen LogP contribution in [0.4, 0.5) is 0 Å². The van der Waals surface area contributed by atoms with Crippen LogP contribution in [0.3, 0.4) is 0 Å². The third-order valence-corrected chi connectivity index (χ3v) is 6.74. The van der Waals surface area contributed by atoms with Gasteiger partial charge in [0.25, 0.3) is 5.91 Å². The molecule has 0 bridgehead atoms. The Morgan fingerprint density at radius 3 is 2.58 bits per heavy atom. The molecule has 0 spiro atoms. The summed E-state index contributed by atoms with van der Waals surface area (Å²) in [6, 6.07) is -0.0411. The van der Waals surface area contributed by atoms with E-state index in [4.69, 9.17) is 4.74 Å². The molecule has 9 heteroatoms. The lowest BCUT2D eigenvalue weighted by Crippen LogP contribution is -2.48. The molecule has 146 valence electrons. The number of nitrogens with zero attached hydrogens (tertiary/aromatic N) is 3. The van der Waals surface area contributed by atoms with E-state index < -0.39 is 10.0 Å². The molecule has 8 nitrogen and oxygen atoms in total. The molecule has 1 fully saturated rings. The van der Waals surface area contributed by atoms with Gasteiger partial charge in [-0.1, -0.05) is 6.92 Å². The first-order valence-corrected chi connectivity index (χ1v) is 11.1. The minimum absolute atomic E-state index is 0.0411. The number of H-pyrrole nitrogens is 1. The minimum Gasteiger partial charge on any atom is -0.369 e. The summed E-state index contributed by atoms with van der Waals surface area (Å²) < 4.78 is 31.1. The standard InChI is InChI=1S/C17H28N4O4S/c1-5-21(26(4,23)24)13-6-8-20(9-7-13)17(22)16-14-10-11(2)25-12(3)15(14)18-19-16/h11-13H,5-10H2,1-4H3,(H,18,19)/t11-,12+/m0/s1. The number of hydrogen-bond acceptors (Lipinski definition) is 5. The average Bonchev–Trinajstić information content (AvgIpc) is 2.98. The Bertz CT molecular complexity index is 768. The Kier molecular flexibility index (Phi) is 5.41. The highest BCUT2D eigenvalue weighted by molar-refractivity contribution is 7.88. The highest BCUT2D eigenvalue weighted by Crippen LogP contribution is 2.31. The first-order chi connectivity index (χ1) is 12.2. The number of hydrogen-bond donors (Lipinski definition) is 1. The molecule has 26 heavy (non-hydrogen) atoms. The van der Waals surface area contributed by atoms with Crippen LogP contribution in [0.25, 0.3) is 0 Å². The zero-order valence-electron chi connectivity index (χ0n) is 15.9. The summed E-state index contributed by atoms with van der Waals surface area (Å²) in [5.74, 6) is -0.0790. The number of carbonyl (C=O) groups excluding carboxylic acids is 1. The number of piperidine rings is 1. The van der Waals surface area contributed by atoms with Crippen molar-refractivity contribution in [1.29, 1.82) is 0 Å². The summed E-state index contributed by atoms with van der Waals surface area (Å²) in [4.78, 5) is 14.7. The molecule has 3 rings (SSSR count). The van der Waals surface area contributed by atoms with Gasteiger partial charge >= 0.3 is 0 Å². The number of amides is 1. The van der Waals surface area contributed by atoms with Gasteiger partial charge in [-0.05, 0) is 26.7 Å². The number of sulfonamides is 1. The van der Waals surface area contributed by atoms with Crippen molar-refractivity contribution in [3.63, 3.8) is 0 Å². The third kappa shape index (κ3) is 3.65. The summed E-state index contributed by atoms with van der Waals surface area (Å²) in [6.45, 7) is 7.34. The van der Waals surface area contributed by atoms with Crippen LogP contribution in [0.2, 0.25) is 0 Å². The lowest BCUT2D eigenvalue weighted by atomic mass is 9.98. The van der Waals surface area contributed by atoms with Gasteiger partial charge in [0.15, 0.2) is 5.69 Å². The van der Waals surface area contributed by atoms with Crippen molar-refractivity contribution in [3.8, 4) is 0 Å². The van der Waals surface area contributed by atoms with Crippen LogP contribution in [0.1, 0.15) is 61.5 Å². The van der Waals surface area contributed by atoms with Crippen LogP contribution in [-0.2, 0) is 21.2 Å². The molecule has 3 heterocycles. The van der Waals surface area contributed by atoms with Crippen LogP contribution >= 0.6 is 0 Å². The second-order valence-corrected chi connectivity index (χ2v) is 9.18. The fraction of sp³-hybridized carbons (Fsp3) is 0.765. The Hall–Kier alpha value is -1.45. The number of aromatic nitrogens is 2. The van der Waals surface area contributed by atoms with Gasteiger partial charge in [-0.25, -0.2) is 8.42 Å². The highest BCUT2D eigenvalue weighted by Gasteiger charge is 2.34. The molecule has 1 aromatic heterocycles. The quantitative estimate of drug-likeness (QED) is 0.845. The summed E-state index contributed by atoms with van der Waals surface area (Å²) in [6.07, 6.45) is 3.17. The summed E-state index contributed by atoms with van der Waals surface area (Å²) in [7, 11) is -3.22. The fourth-order valence-electron chi connectivity index (χ4n) is 4.12. The van der Waals surface area contributed by atoms with E-state index in [1.165, 1.54) is 10.6 Å². The normalized spacial score (nSPS) is 24.7. The van der Waals surface area contributed by atoms with Gasteiger partial charge in [0.1, 0.15) is 0 Å². The first kappa shape index (κ1) is 19.3. The van der Waals surface area contributed by atoms with Gasteiger partial charge < -0.3 is 9.64 Å². The van der Waals surface area contributed by atoms with Gasteiger partial charge in [-0.3, -0.25) is 9.89 Å². The third-order valence-electron chi connectivity index (χ3n) is 5.33. The molecule has 2 aliphatic heterocycles. The van der Waals surface area contributed by atoms with Gasteiger partial charge in [-0.15, -0.1) is 0 Å². The highest BCUT2D eigenvalue weighted by atomic mass is 32.2. The maximum absolute atomic E-state index is 13.0. The fourth-order valence-corrected chi connectivity index (χ4v) is 5.34. The second kappa shape index (κ2) is 7.28. The van der Waals surface area contributed by atoms with Gasteiger partial charge in [0.2, 0.25) is 10.0 Å². The van der Waals surface area contributed by atoms with E-state index in [1.807, 2.05) is 20.8 Å². The van der Waals surface area contributed by atoms with E-state index in [0.717, 1.165) is 11.3 Å². The van der Waals surface area contributed by atoms with E-state index in [2.05, 4.69) is 10.2 Å². The Morgan fingerprint density at radius 2 is 2.00 bits per heavy atom. The molecule has 0 saturated carbocycles. The lowest BCUT2D eigenvalue weighted by molar-refractivity contribution is -0.00703. The van der Waals surface area contributed by atoms with E-state index in [0.29, 0.717) is 44.6 Å². The number of ether oxygens (including phenoxy) is 1. The average molecular weight is 385 g/mol. The second-order valence-electron chi connectivity index (χ2n) is 7.25. The van der Waals surface area contributed by atoms with Crippen molar-refractivity contribution in [2.45, 2.75) is 58.3 Å². The Labute approximate surface area is 154 Å². The Balaban J connectivity index is 1.70. The molecule has 0 aliphatic carbocycles. The van der Waals surface area contributed by atoms with Crippen LogP contribution in [0.15, 0.2) is 0 Å². The smallest absolute Gasteiger partial charge is 0.274 e. The largest absolute Gasteiger partial charge is 0.369 e. The van der Waals surface area contributed by atoms with Crippen molar-refractivity contribution < 1.29 is 17.9 Å². The van der Waals surface area contributed by atoms with Crippen molar-refractivity contribution in [3.05, 3.63) is 17.0 Å². The van der Waals surface area contributed by atoms with Gasteiger partial charge in [0.05, 0.1) is 24.2 Å². The van der Waals surface area contributed by atoms with Crippen molar-refractivity contribution in [2.24, 2.45) is 0 Å². The number of aromatic amines is 1. The summed E-state index contributed by atoms with van der Waals surface area (Å²) in [5, 5.41) is 7.23. The molecule has 1 saturated heterocycles. The monoisotopic (exact) mass is 384 g/mol. The first-order valence-electron chi connectivity index (χ1n) is 9.21. The molecule has 0 aromatic carbocycles. The number of fused-ring (bicyclic) bond motifs is 1. The van der Waals surface area contributed by atoms with Crippen LogP contribution < -0.4 is 0 Å². The SMILES string of the molecule is CCN(C1CCN(C(=O)c2n[nH]c3c2C[C@H](C)O[C@@H]3C)CC1)S(C)(=O)=O. The summed E-state index contributed by atoms with van der Waals surface area (Å²) in [5.41, 5.74) is 2.32. The molecule has 1 N–H and O–H groups in total. The van der Waals surface area contributed by atoms with Crippen LogP contribution in [-0.4, -0.2) is 71.8 Å². The molecule has 2 atom stereocenters. The van der Waals surface area contributed by atoms with Crippen LogP contribution in [0.5, 0.6) is 0 Å². The van der Waals surface area contributed by atoms with E-state index in [1.54, 1.807) is 4.90 Å². The number of carbonyl (C=O) groups is 1. The minimum atomic E-state index is -3.22. The lowest BCUT2D eigenvalue weighted by Gasteiger charge is -2.36. The topological polar surface area (TPSA) is 95.6 Å². The molecule has 2 aliphatic rings. The molecular weight excluding hydrogens is 356 g/mol. The molecular formula is C17H28N4O4S. The Morgan fingerprint density at radius 1 is 1.35 bits per heavy atom. The molecule has 1 aromatic rings. The van der Waals surface area contributed by atoms with E-state index in [-0.39, 0.29) is 24.2 Å². The van der Waals surface area contributed by atoms with Crippen molar-refractivity contribution in [1.82, 2.24) is 19.4 Å². The predicted octanol–water partition coefficient (Wildman–Crippen LogP) is 1.32. The van der Waals surface area contributed by atoms with Crippen LogP contribution in [0, 0.1) is 0 Å². The zero-order valence-corrected chi connectivity index (χ0v) is 16.7. The molecule has 0 unspecified atom stereocenters. The van der Waals surface area contributed by atoms with Crippen molar-refractivity contribution in [2.75, 3.05) is 25.9 Å². The van der Waals surface area contributed by atoms with Crippen molar-refractivity contribution >= 4 is 15.9 Å². The number of rotatable bonds is 4. The van der Waals surface area contributed by atoms with Gasteiger partial charge in [0, 0.05) is 37.7 Å². The predicted molar refractivity (Wildman–Crippen MR) is 97.4 cm³/mol. The van der Waals surface area contributed by atoms with Gasteiger partial charge in [-0.2, -0.15) is 9.40 Å². The van der Waals surface area contributed by atoms with E-state index >= 15 is 0 Å². The molecule has 0 radical (unpaired) electrons. The maximum Gasteiger partial charge on any atom is 0.274 e. The summed E-state index contributed by atoms with van der Waals surface area (Å²) >= 11 is 0. The zero-order chi connectivity index (χ0) is 19.1. The maximum atomic E-state index is 13.0.